The van der Waals surface area contributed by atoms with Crippen molar-refractivity contribution in [2.45, 2.75) is 38.1 Å². The summed E-state index contributed by atoms with van der Waals surface area (Å²) in [7, 11) is 0. The minimum Gasteiger partial charge on any atom is -0.349 e. The summed E-state index contributed by atoms with van der Waals surface area (Å²) in [5.41, 5.74) is 0.00516. The Morgan fingerprint density at radius 3 is 2.54 bits per heavy atom. The van der Waals surface area contributed by atoms with Gasteiger partial charge < -0.3 is 5.32 Å². The number of hydrogen-bond donors (Lipinski definition) is 1. The zero-order valence-electron chi connectivity index (χ0n) is 7.68. The summed E-state index contributed by atoms with van der Waals surface area (Å²) < 4.78 is 0. The lowest BCUT2D eigenvalue weighted by atomic mass is 9.95. The van der Waals surface area contributed by atoms with Gasteiger partial charge in [0.05, 0.1) is 0 Å². The van der Waals surface area contributed by atoms with Crippen LogP contribution in [0.4, 0.5) is 0 Å². The topological polar surface area (TPSA) is 52.9 Å². The van der Waals surface area contributed by atoms with Crippen molar-refractivity contribution in [2.24, 2.45) is 0 Å². The van der Waals surface area contributed by atoms with E-state index in [-0.39, 0.29) is 17.5 Å². The van der Waals surface area contributed by atoms with Gasteiger partial charge in [-0.15, -0.1) is 0 Å². The van der Waals surface area contributed by atoms with Crippen molar-refractivity contribution in [1.82, 2.24) is 5.32 Å². The van der Waals surface area contributed by atoms with E-state index in [4.69, 9.17) is 5.26 Å². The van der Waals surface area contributed by atoms with Gasteiger partial charge in [0.1, 0.15) is 11.6 Å². The highest BCUT2D eigenvalue weighted by Crippen LogP contribution is 2.17. The number of amides is 1. The monoisotopic (exact) mass is 178 g/mol. The van der Waals surface area contributed by atoms with Gasteiger partial charge in [0.2, 0.25) is 0 Å². The fourth-order valence-electron chi connectivity index (χ4n) is 1.57. The number of rotatable bonds is 2. The lowest BCUT2D eigenvalue weighted by Gasteiger charge is -2.22. The van der Waals surface area contributed by atoms with Crippen LogP contribution < -0.4 is 5.32 Å². The molecule has 0 saturated heterocycles. The number of nitrogens with zero attached hydrogens (tertiary/aromatic N) is 1. The Balaban J connectivity index is 2.35. The molecule has 0 aromatic heterocycles. The molecular formula is C10H14N2O. The third-order valence-corrected chi connectivity index (χ3v) is 2.35. The molecule has 1 saturated carbocycles. The SMILES string of the molecule is C=C(C#N)C(=O)NC1CCCCC1. The lowest BCUT2D eigenvalue weighted by Crippen LogP contribution is -2.36. The Hall–Kier alpha value is -1.30. The Kier molecular flexibility index (Phi) is 3.51. The molecule has 0 unspecified atom stereocenters. The van der Waals surface area contributed by atoms with Crippen LogP contribution in [0.1, 0.15) is 32.1 Å². The average molecular weight is 178 g/mol. The van der Waals surface area contributed by atoms with Crippen molar-refractivity contribution in [2.75, 3.05) is 0 Å². The molecule has 1 N–H and O–H groups in total. The summed E-state index contributed by atoms with van der Waals surface area (Å²) in [6.07, 6.45) is 5.66. The number of hydrogen-bond acceptors (Lipinski definition) is 2. The van der Waals surface area contributed by atoms with E-state index >= 15 is 0 Å². The third kappa shape index (κ3) is 2.90. The molecule has 1 fully saturated rings. The first-order chi connectivity index (χ1) is 6.24. The van der Waals surface area contributed by atoms with Gasteiger partial charge >= 0.3 is 0 Å². The molecule has 1 rings (SSSR count). The highest BCUT2D eigenvalue weighted by Gasteiger charge is 2.16. The molecule has 0 aromatic rings. The van der Waals surface area contributed by atoms with E-state index in [1.54, 1.807) is 6.07 Å². The van der Waals surface area contributed by atoms with Gasteiger partial charge in [-0.3, -0.25) is 4.79 Å². The predicted octanol–water partition coefficient (Wildman–Crippen LogP) is 1.52. The number of carbonyl (C=O) groups is 1. The molecule has 0 heterocycles. The molecule has 70 valence electrons. The number of carbonyl (C=O) groups excluding carboxylic acids is 1. The quantitative estimate of drug-likeness (QED) is 0.514. The fourth-order valence-corrected chi connectivity index (χ4v) is 1.57. The van der Waals surface area contributed by atoms with Crippen molar-refractivity contribution in [3.63, 3.8) is 0 Å². The van der Waals surface area contributed by atoms with Crippen LogP contribution in [0, 0.1) is 11.3 Å². The van der Waals surface area contributed by atoms with E-state index in [0.29, 0.717) is 0 Å². The van der Waals surface area contributed by atoms with Crippen LogP contribution in [0.5, 0.6) is 0 Å². The third-order valence-electron chi connectivity index (χ3n) is 2.35. The second-order valence-electron chi connectivity index (χ2n) is 3.40. The molecule has 3 nitrogen and oxygen atoms in total. The highest BCUT2D eigenvalue weighted by molar-refractivity contribution is 5.96. The Bertz CT molecular complexity index is 246. The van der Waals surface area contributed by atoms with Gasteiger partial charge in [-0.2, -0.15) is 5.26 Å². The van der Waals surface area contributed by atoms with E-state index in [1.165, 1.54) is 19.3 Å². The average Bonchev–Trinajstić information content (AvgIpc) is 2.18. The van der Waals surface area contributed by atoms with E-state index in [9.17, 15) is 4.79 Å². The maximum Gasteiger partial charge on any atom is 0.261 e. The van der Waals surface area contributed by atoms with Crippen LogP contribution >= 0.6 is 0 Å². The zero-order chi connectivity index (χ0) is 9.68. The van der Waals surface area contributed by atoms with Gasteiger partial charge in [-0.05, 0) is 12.8 Å². The Morgan fingerprint density at radius 1 is 1.38 bits per heavy atom. The summed E-state index contributed by atoms with van der Waals surface area (Å²) in [4.78, 5) is 11.2. The standard InChI is InChI=1S/C10H14N2O/c1-8(7-11)10(13)12-9-5-3-2-4-6-9/h9H,1-6H2,(H,12,13). The minimum absolute atomic E-state index is 0.00516. The van der Waals surface area contributed by atoms with E-state index in [0.717, 1.165) is 12.8 Å². The maximum atomic E-state index is 11.2. The molecule has 1 aliphatic carbocycles. The Morgan fingerprint density at radius 2 is 2.00 bits per heavy atom. The van der Waals surface area contributed by atoms with Gasteiger partial charge in [-0.25, -0.2) is 0 Å². The van der Waals surface area contributed by atoms with Crippen LogP contribution in [-0.2, 0) is 4.79 Å². The van der Waals surface area contributed by atoms with Crippen molar-refractivity contribution in [3.05, 3.63) is 12.2 Å². The second-order valence-corrected chi connectivity index (χ2v) is 3.40. The van der Waals surface area contributed by atoms with Crippen molar-refractivity contribution in [1.29, 1.82) is 5.26 Å². The summed E-state index contributed by atoms with van der Waals surface area (Å²) in [6, 6.07) is 2.00. The first-order valence-electron chi connectivity index (χ1n) is 4.64. The molecular weight excluding hydrogens is 164 g/mol. The molecule has 0 radical (unpaired) electrons. The first-order valence-corrected chi connectivity index (χ1v) is 4.64. The summed E-state index contributed by atoms with van der Waals surface area (Å²) in [5.74, 6) is -0.311. The van der Waals surface area contributed by atoms with Crippen molar-refractivity contribution < 1.29 is 4.79 Å². The molecule has 13 heavy (non-hydrogen) atoms. The number of nitrogens with one attached hydrogen (secondary N) is 1. The molecule has 0 bridgehead atoms. The summed E-state index contributed by atoms with van der Waals surface area (Å²) >= 11 is 0. The van der Waals surface area contributed by atoms with Gasteiger partial charge in [0, 0.05) is 6.04 Å². The van der Waals surface area contributed by atoms with Crippen LogP contribution in [0.25, 0.3) is 0 Å². The van der Waals surface area contributed by atoms with Crippen LogP contribution in [0.2, 0.25) is 0 Å². The van der Waals surface area contributed by atoms with Gasteiger partial charge in [0.25, 0.3) is 5.91 Å². The van der Waals surface area contributed by atoms with E-state index < -0.39 is 0 Å². The Labute approximate surface area is 78.4 Å². The summed E-state index contributed by atoms with van der Waals surface area (Å²) in [6.45, 7) is 3.37. The lowest BCUT2D eigenvalue weighted by molar-refractivity contribution is -0.117. The van der Waals surface area contributed by atoms with Gasteiger partial charge in [-0.1, -0.05) is 25.8 Å². The molecule has 1 aliphatic rings. The molecule has 0 spiro atoms. The minimum atomic E-state index is -0.311. The molecule has 0 aromatic carbocycles. The fraction of sp³-hybridized carbons (Fsp3) is 0.600. The molecule has 0 aliphatic heterocycles. The van der Waals surface area contributed by atoms with Crippen LogP contribution in [0.15, 0.2) is 12.2 Å². The summed E-state index contributed by atoms with van der Waals surface area (Å²) in [5, 5.41) is 11.2. The molecule has 0 atom stereocenters. The normalized spacial score (nSPS) is 17.5. The maximum absolute atomic E-state index is 11.2. The van der Waals surface area contributed by atoms with Crippen LogP contribution in [-0.4, -0.2) is 11.9 Å². The van der Waals surface area contributed by atoms with Crippen molar-refractivity contribution in [3.8, 4) is 6.07 Å². The van der Waals surface area contributed by atoms with Crippen LogP contribution in [0.3, 0.4) is 0 Å². The number of nitriles is 1. The molecule has 1 amide bonds. The largest absolute Gasteiger partial charge is 0.349 e. The second kappa shape index (κ2) is 4.66. The highest BCUT2D eigenvalue weighted by atomic mass is 16.1. The zero-order valence-corrected chi connectivity index (χ0v) is 7.68. The van der Waals surface area contributed by atoms with E-state index in [1.807, 2.05) is 0 Å². The smallest absolute Gasteiger partial charge is 0.261 e. The van der Waals surface area contributed by atoms with Crippen molar-refractivity contribution >= 4 is 5.91 Å². The first kappa shape index (κ1) is 9.79. The van der Waals surface area contributed by atoms with Gasteiger partial charge in [0.15, 0.2) is 0 Å². The predicted molar refractivity (Wildman–Crippen MR) is 49.8 cm³/mol. The molecule has 3 heteroatoms. The van der Waals surface area contributed by atoms with E-state index in [2.05, 4.69) is 11.9 Å².